The predicted octanol–water partition coefficient (Wildman–Crippen LogP) is 1.39. The zero-order chi connectivity index (χ0) is 14.6. The Bertz CT molecular complexity index is 586. The van der Waals surface area contributed by atoms with E-state index in [4.69, 9.17) is 4.74 Å². The maximum atomic E-state index is 11.8. The van der Waals surface area contributed by atoms with E-state index < -0.39 is 15.9 Å². The van der Waals surface area contributed by atoms with Crippen LogP contribution in [-0.4, -0.2) is 38.6 Å². The summed E-state index contributed by atoms with van der Waals surface area (Å²) in [5, 5.41) is 5.33. The van der Waals surface area contributed by atoms with Crippen molar-refractivity contribution >= 4 is 21.6 Å². The fraction of sp³-hybridized carbons (Fsp3) is 0.462. The van der Waals surface area contributed by atoms with Crippen molar-refractivity contribution in [2.75, 3.05) is 23.4 Å². The number of anilines is 1. The van der Waals surface area contributed by atoms with Gasteiger partial charge in [-0.25, -0.2) is 13.2 Å². The summed E-state index contributed by atoms with van der Waals surface area (Å²) < 4.78 is 28.0. The van der Waals surface area contributed by atoms with Gasteiger partial charge in [0.25, 0.3) is 0 Å². The molecule has 1 saturated heterocycles. The molecule has 0 spiro atoms. The summed E-state index contributed by atoms with van der Waals surface area (Å²) in [5.74, 6) is 0.825. The Morgan fingerprint density at radius 3 is 2.90 bits per heavy atom. The van der Waals surface area contributed by atoms with Crippen LogP contribution in [0.15, 0.2) is 24.3 Å². The number of benzene rings is 1. The highest BCUT2D eigenvalue weighted by Crippen LogP contribution is 2.17. The van der Waals surface area contributed by atoms with Crippen LogP contribution in [0.1, 0.15) is 13.3 Å². The first kappa shape index (κ1) is 14.6. The van der Waals surface area contributed by atoms with Crippen molar-refractivity contribution in [2.24, 2.45) is 0 Å². The second kappa shape index (κ2) is 6.13. The van der Waals surface area contributed by atoms with Gasteiger partial charge in [0, 0.05) is 17.8 Å². The molecule has 20 heavy (non-hydrogen) atoms. The zero-order valence-electron chi connectivity index (χ0n) is 11.3. The molecule has 2 amide bonds. The minimum atomic E-state index is -2.99. The third kappa shape index (κ3) is 4.12. The van der Waals surface area contributed by atoms with E-state index in [0.717, 1.165) is 0 Å². The SMILES string of the molecule is CCOc1cccc(NC(=O)N[C@H]2CCS(=O)(=O)C2)c1. The largest absolute Gasteiger partial charge is 0.494 e. The third-order valence-electron chi connectivity index (χ3n) is 2.97. The van der Waals surface area contributed by atoms with Crippen LogP contribution >= 0.6 is 0 Å². The van der Waals surface area contributed by atoms with Gasteiger partial charge in [-0.1, -0.05) is 6.07 Å². The first-order valence-electron chi connectivity index (χ1n) is 6.49. The minimum Gasteiger partial charge on any atom is -0.494 e. The Morgan fingerprint density at radius 1 is 1.45 bits per heavy atom. The summed E-state index contributed by atoms with van der Waals surface area (Å²) >= 11 is 0. The molecule has 1 aromatic carbocycles. The normalized spacial score (nSPS) is 20.4. The fourth-order valence-electron chi connectivity index (χ4n) is 2.09. The molecule has 2 rings (SSSR count). The van der Waals surface area contributed by atoms with E-state index in [-0.39, 0.29) is 17.5 Å². The molecule has 0 aromatic heterocycles. The third-order valence-corrected chi connectivity index (χ3v) is 4.74. The lowest BCUT2D eigenvalue weighted by molar-refractivity contribution is 0.249. The van der Waals surface area contributed by atoms with E-state index in [2.05, 4.69) is 10.6 Å². The van der Waals surface area contributed by atoms with Crippen molar-refractivity contribution in [3.05, 3.63) is 24.3 Å². The smallest absolute Gasteiger partial charge is 0.319 e. The lowest BCUT2D eigenvalue weighted by atomic mass is 10.2. The highest BCUT2D eigenvalue weighted by atomic mass is 32.2. The summed E-state index contributed by atoms with van der Waals surface area (Å²) in [4.78, 5) is 11.8. The molecule has 0 radical (unpaired) electrons. The molecule has 2 N–H and O–H groups in total. The molecule has 1 aromatic rings. The van der Waals surface area contributed by atoms with Crippen LogP contribution in [-0.2, 0) is 9.84 Å². The number of carbonyl (C=O) groups is 1. The van der Waals surface area contributed by atoms with Crippen molar-refractivity contribution in [3.8, 4) is 5.75 Å². The van der Waals surface area contributed by atoms with Gasteiger partial charge in [0.1, 0.15) is 5.75 Å². The molecular formula is C13H18N2O4S. The lowest BCUT2D eigenvalue weighted by Gasteiger charge is -2.12. The molecule has 1 aliphatic heterocycles. The van der Waals surface area contributed by atoms with E-state index in [0.29, 0.717) is 24.5 Å². The van der Waals surface area contributed by atoms with E-state index in [9.17, 15) is 13.2 Å². The molecule has 6 nitrogen and oxygen atoms in total. The Morgan fingerprint density at radius 2 is 2.25 bits per heavy atom. The van der Waals surface area contributed by atoms with Crippen LogP contribution in [0.25, 0.3) is 0 Å². The van der Waals surface area contributed by atoms with Crippen LogP contribution in [0.3, 0.4) is 0 Å². The number of urea groups is 1. The summed E-state index contributed by atoms with van der Waals surface area (Å²) in [6.45, 7) is 2.43. The summed E-state index contributed by atoms with van der Waals surface area (Å²) in [7, 11) is -2.99. The van der Waals surface area contributed by atoms with Gasteiger partial charge in [-0.2, -0.15) is 0 Å². The number of sulfone groups is 1. The Hall–Kier alpha value is -1.76. The zero-order valence-corrected chi connectivity index (χ0v) is 12.1. The molecule has 1 fully saturated rings. The summed E-state index contributed by atoms with van der Waals surface area (Å²) in [5.41, 5.74) is 0.606. The lowest BCUT2D eigenvalue weighted by Crippen LogP contribution is -2.38. The molecular weight excluding hydrogens is 280 g/mol. The van der Waals surface area contributed by atoms with Gasteiger partial charge in [0.15, 0.2) is 9.84 Å². The van der Waals surface area contributed by atoms with Crippen molar-refractivity contribution in [3.63, 3.8) is 0 Å². The van der Waals surface area contributed by atoms with Crippen molar-refractivity contribution in [1.29, 1.82) is 0 Å². The van der Waals surface area contributed by atoms with Crippen LogP contribution in [0.5, 0.6) is 5.75 Å². The number of carbonyl (C=O) groups excluding carboxylic acids is 1. The van der Waals surface area contributed by atoms with Crippen LogP contribution in [0.4, 0.5) is 10.5 Å². The van der Waals surface area contributed by atoms with Gasteiger partial charge < -0.3 is 15.4 Å². The number of amides is 2. The maximum Gasteiger partial charge on any atom is 0.319 e. The second-order valence-electron chi connectivity index (χ2n) is 4.66. The van der Waals surface area contributed by atoms with E-state index in [1.807, 2.05) is 6.92 Å². The van der Waals surface area contributed by atoms with Gasteiger partial charge in [0.05, 0.1) is 18.1 Å². The van der Waals surface area contributed by atoms with Gasteiger partial charge >= 0.3 is 6.03 Å². The molecule has 0 aliphatic carbocycles. The van der Waals surface area contributed by atoms with E-state index in [1.165, 1.54) is 0 Å². The Balaban J connectivity index is 1.90. The average molecular weight is 298 g/mol. The standard InChI is InChI=1S/C13H18N2O4S/c1-2-19-12-5-3-4-10(8-12)14-13(16)15-11-6-7-20(17,18)9-11/h3-5,8,11H,2,6-7,9H2,1H3,(H2,14,15,16)/t11-/m0/s1. The Labute approximate surface area is 118 Å². The van der Waals surface area contributed by atoms with Crippen LogP contribution in [0.2, 0.25) is 0 Å². The number of hydrogen-bond acceptors (Lipinski definition) is 4. The first-order chi connectivity index (χ1) is 9.48. The first-order valence-corrected chi connectivity index (χ1v) is 8.31. The molecule has 110 valence electrons. The summed E-state index contributed by atoms with van der Waals surface area (Å²) in [6.07, 6.45) is 0.467. The molecule has 1 heterocycles. The quantitative estimate of drug-likeness (QED) is 0.880. The fourth-order valence-corrected chi connectivity index (χ4v) is 3.77. The van der Waals surface area contributed by atoms with E-state index in [1.54, 1.807) is 24.3 Å². The van der Waals surface area contributed by atoms with Crippen LogP contribution in [0, 0.1) is 0 Å². The monoisotopic (exact) mass is 298 g/mol. The van der Waals surface area contributed by atoms with Gasteiger partial charge in [0.2, 0.25) is 0 Å². The molecule has 7 heteroatoms. The highest BCUT2D eigenvalue weighted by molar-refractivity contribution is 7.91. The second-order valence-corrected chi connectivity index (χ2v) is 6.89. The molecule has 0 bridgehead atoms. The van der Waals surface area contributed by atoms with Crippen LogP contribution < -0.4 is 15.4 Å². The number of hydrogen-bond donors (Lipinski definition) is 2. The van der Waals surface area contributed by atoms with Gasteiger partial charge in [-0.05, 0) is 25.5 Å². The van der Waals surface area contributed by atoms with Gasteiger partial charge in [-0.3, -0.25) is 0 Å². The van der Waals surface area contributed by atoms with Gasteiger partial charge in [-0.15, -0.1) is 0 Å². The molecule has 0 saturated carbocycles. The number of nitrogens with one attached hydrogen (secondary N) is 2. The molecule has 1 aliphatic rings. The van der Waals surface area contributed by atoms with Crippen molar-refractivity contribution < 1.29 is 17.9 Å². The minimum absolute atomic E-state index is 0.0133. The molecule has 0 unspecified atom stereocenters. The average Bonchev–Trinajstić information content (AvgIpc) is 2.69. The summed E-state index contributed by atoms with van der Waals surface area (Å²) in [6, 6.07) is 6.33. The number of rotatable bonds is 4. The predicted molar refractivity (Wildman–Crippen MR) is 76.8 cm³/mol. The Kier molecular flexibility index (Phi) is 4.49. The maximum absolute atomic E-state index is 11.8. The topological polar surface area (TPSA) is 84.5 Å². The van der Waals surface area contributed by atoms with E-state index >= 15 is 0 Å². The van der Waals surface area contributed by atoms with Crippen molar-refractivity contribution in [2.45, 2.75) is 19.4 Å². The molecule has 1 atom stereocenters. The number of ether oxygens (including phenoxy) is 1. The highest BCUT2D eigenvalue weighted by Gasteiger charge is 2.28. The van der Waals surface area contributed by atoms with Crippen molar-refractivity contribution in [1.82, 2.24) is 5.32 Å².